The molecule has 2 fully saturated rings. The van der Waals surface area contributed by atoms with Crippen molar-refractivity contribution in [2.45, 2.75) is 18.9 Å². The summed E-state index contributed by atoms with van der Waals surface area (Å²) in [6.45, 7) is 2.25. The fourth-order valence-corrected chi connectivity index (χ4v) is 1.56. The Labute approximate surface area is 50.1 Å². The van der Waals surface area contributed by atoms with Crippen molar-refractivity contribution in [2.24, 2.45) is 0 Å². The van der Waals surface area contributed by atoms with Crippen LogP contribution in [-0.4, -0.2) is 31.6 Å². The summed E-state index contributed by atoms with van der Waals surface area (Å²) >= 11 is 0. The number of hydrogen-bond acceptors (Lipinski definition) is 2. The highest BCUT2D eigenvalue weighted by Crippen LogP contribution is 2.19. The van der Waals surface area contributed by atoms with Crippen LogP contribution < -0.4 is 0 Å². The Hall–Kier alpha value is -0.0151. The van der Waals surface area contributed by atoms with Gasteiger partial charge in [0, 0.05) is 12.6 Å². The molecule has 0 saturated carbocycles. The lowest BCUT2D eigenvalue weighted by Crippen LogP contribution is -2.25. The minimum absolute atomic E-state index is 0.787. The zero-order valence-electron chi connectivity index (χ0n) is 4.97. The third-order valence-corrected chi connectivity index (χ3v) is 2.07. The van der Waals surface area contributed by atoms with E-state index in [-0.39, 0.29) is 0 Å². The Morgan fingerprint density at radius 3 is 3.50 bits per heavy atom. The van der Waals surface area contributed by atoms with E-state index in [1.165, 1.54) is 19.4 Å². The first kappa shape index (κ1) is 4.83. The molecule has 0 aromatic carbocycles. The van der Waals surface area contributed by atoms with Gasteiger partial charge in [-0.15, -0.1) is 0 Å². The van der Waals surface area contributed by atoms with Crippen LogP contribution in [0.2, 0.25) is 0 Å². The van der Waals surface area contributed by atoms with E-state index in [2.05, 4.69) is 4.81 Å². The predicted octanol–water partition coefficient (Wildman–Crippen LogP) is -0.253. The molecule has 0 aromatic rings. The molecule has 0 aromatic heterocycles. The molecule has 0 radical (unpaired) electrons. The van der Waals surface area contributed by atoms with Crippen LogP contribution in [0.3, 0.4) is 0 Å². The van der Waals surface area contributed by atoms with Gasteiger partial charge in [0.2, 0.25) is 0 Å². The van der Waals surface area contributed by atoms with Gasteiger partial charge in [0.25, 0.3) is 0 Å². The highest BCUT2D eigenvalue weighted by Gasteiger charge is 2.30. The molecule has 2 nitrogen and oxygen atoms in total. The average molecular weight is 111 g/mol. The Balaban J connectivity index is 2.04. The van der Waals surface area contributed by atoms with Crippen LogP contribution in [0.4, 0.5) is 0 Å². The van der Waals surface area contributed by atoms with E-state index in [1.54, 1.807) is 0 Å². The largest absolute Gasteiger partial charge is 0.422 e. The Morgan fingerprint density at radius 1 is 1.62 bits per heavy atom. The number of hydrogen-bond donors (Lipinski definition) is 0. The van der Waals surface area contributed by atoms with Gasteiger partial charge in [0.1, 0.15) is 0 Å². The molecule has 1 unspecified atom stereocenters. The second kappa shape index (κ2) is 1.74. The minimum atomic E-state index is 0.787. The van der Waals surface area contributed by atoms with E-state index in [0.29, 0.717) is 0 Å². The fourth-order valence-electron chi connectivity index (χ4n) is 1.56. The minimum Gasteiger partial charge on any atom is -0.422 e. The highest BCUT2D eigenvalue weighted by molar-refractivity contribution is 6.24. The zero-order valence-corrected chi connectivity index (χ0v) is 4.97. The van der Waals surface area contributed by atoms with Crippen molar-refractivity contribution in [3.05, 3.63) is 0 Å². The predicted molar refractivity (Wildman–Crippen MR) is 32.8 cm³/mol. The third-order valence-electron chi connectivity index (χ3n) is 2.07. The maximum atomic E-state index is 5.24. The lowest BCUT2D eigenvalue weighted by molar-refractivity contribution is 0.337. The van der Waals surface area contributed by atoms with E-state index < -0.39 is 0 Å². The monoisotopic (exact) mass is 111 g/mol. The van der Waals surface area contributed by atoms with E-state index in [1.807, 2.05) is 0 Å². The summed E-state index contributed by atoms with van der Waals surface area (Å²) in [5.41, 5.74) is 0. The smallest absolute Gasteiger partial charge is 0.363 e. The first-order chi connectivity index (χ1) is 3.97. The number of nitrogens with zero attached hydrogens (tertiary/aromatic N) is 1. The van der Waals surface area contributed by atoms with Crippen LogP contribution in [0, 0.1) is 0 Å². The van der Waals surface area contributed by atoms with Crippen LogP contribution in [-0.2, 0) is 4.65 Å². The normalized spacial score (nSPS) is 37.2. The fraction of sp³-hybridized carbons (Fsp3) is 1.00. The van der Waals surface area contributed by atoms with Crippen molar-refractivity contribution >= 4 is 7.62 Å². The molecule has 0 spiro atoms. The van der Waals surface area contributed by atoms with Crippen molar-refractivity contribution in [1.29, 1.82) is 0 Å². The standard InChI is InChI=1S/C5H10BNO/c1-2-5-4-8-6-7(5)3-1/h5-6H,1-4H2. The van der Waals surface area contributed by atoms with Crippen LogP contribution in [0.25, 0.3) is 0 Å². The third kappa shape index (κ3) is 0.582. The molecule has 2 rings (SSSR count). The summed E-state index contributed by atoms with van der Waals surface area (Å²) in [6, 6.07) is 0.787. The molecule has 0 bridgehead atoms. The first-order valence-corrected chi connectivity index (χ1v) is 3.28. The molecule has 8 heavy (non-hydrogen) atoms. The molecule has 0 amide bonds. The summed E-state index contributed by atoms with van der Waals surface area (Å²) in [5, 5.41) is 0. The van der Waals surface area contributed by atoms with E-state index in [4.69, 9.17) is 4.65 Å². The molecule has 2 aliphatic heterocycles. The quantitative estimate of drug-likeness (QED) is 0.399. The van der Waals surface area contributed by atoms with Crippen molar-refractivity contribution in [1.82, 2.24) is 4.81 Å². The summed E-state index contributed by atoms with van der Waals surface area (Å²) in [7, 11) is 0.894. The maximum Gasteiger partial charge on any atom is 0.363 e. The van der Waals surface area contributed by atoms with Gasteiger partial charge in [-0.2, -0.15) is 0 Å². The summed E-state index contributed by atoms with van der Waals surface area (Å²) in [4.78, 5) is 2.42. The summed E-state index contributed by atoms with van der Waals surface area (Å²) in [5.74, 6) is 0. The molecule has 3 heteroatoms. The lowest BCUT2D eigenvalue weighted by Gasteiger charge is -2.08. The van der Waals surface area contributed by atoms with Gasteiger partial charge in [0.05, 0.1) is 0 Å². The Morgan fingerprint density at radius 2 is 2.62 bits per heavy atom. The molecule has 0 N–H and O–H groups in total. The molecular formula is C5H10BNO. The Bertz CT molecular complexity index is 78.4. The molecule has 0 aliphatic carbocycles. The van der Waals surface area contributed by atoms with Gasteiger partial charge in [0.15, 0.2) is 0 Å². The van der Waals surface area contributed by atoms with Crippen LogP contribution in [0.15, 0.2) is 0 Å². The summed E-state index contributed by atoms with van der Waals surface area (Å²) in [6.07, 6.45) is 2.74. The number of fused-ring (bicyclic) bond motifs is 1. The van der Waals surface area contributed by atoms with Crippen molar-refractivity contribution in [3.8, 4) is 0 Å². The topological polar surface area (TPSA) is 12.5 Å². The van der Waals surface area contributed by atoms with Gasteiger partial charge >= 0.3 is 7.62 Å². The molecule has 44 valence electrons. The van der Waals surface area contributed by atoms with Crippen LogP contribution in [0.5, 0.6) is 0 Å². The Kier molecular flexibility index (Phi) is 1.05. The average Bonchev–Trinajstić information content (AvgIpc) is 2.15. The molecule has 1 atom stereocenters. The highest BCUT2D eigenvalue weighted by atomic mass is 16.4. The molecule has 2 aliphatic rings. The number of rotatable bonds is 0. The van der Waals surface area contributed by atoms with Crippen molar-refractivity contribution in [3.63, 3.8) is 0 Å². The summed E-state index contributed by atoms with van der Waals surface area (Å²) < 4.78 is 5.24. The zero-order chi connectivity index (χ0) is 5.40. The van der Waals surface area contributed by atoms with Crippen LogP contribution >= 0.6 is 0 Å². The van der Waals surface area contributed by atoms with Crippen LogP contribution in [0.1, 0.15) is 12.8 Å². The lowest BCUT2D eigenvalue weighted by atomic mass is 10.2. The van der Waals surface area contributed by atoms with Gasteiger partial charge in [-0.05, 0) is 19.4 Å². The van der Waals surface area contributed by atoms with Gasteiger partial charge < -0.3 is 9.47 Å². The molecular weight excluding hydrogens is 101 g/mol. The van der Waals surface area contributed by atoms with Gasteiger partial charge in [-0.1, -0.05) is 0 Å². The molecule has 2 heterocycles. The van der Waals surface area contributed by atoms with E-state index in [0.717, 1.165) is 20.3 Å². The van der Waals surface area contributed by atoms with Gasteiger partial charge in [-0.25, -0.2) is 0 Å². The molecule has 2 saturated heterocycles. The maximum absolute atomic E-state index is 5.24. The van der Waals surface area contributed by atoms with E-state index >= 15 is 0 Å². The van der Waals surface area contributed by atoms with Gasteiger partial charge in [-0.3, -0.25) is 0 Å². The van der Waals surface area contributed by atoms with Crippen molar-refractivity contribution < 1.29 is 4.65 Å². The van der Waals surface area contributed by atoms with E-state index in [9.17, 15) is 0 Å². The second-order valence-electron chi connectivity index (χ2n) is 2.61. The van der Waals surface area contributed by atoms with Crippen molar-refractivity contribution in [2.75, 3.05) is 13.2 Å². The second-order valence-corrected chi connectivity index (χ2v) is 2.61. The SMILES string of the molecule is B1OCC2CCCN12. The first-order valence-electron chi connectivity index (χ1n) is 3.28.